The Morgan fingerprint density at radius 3 is 1.15 bits per heavy atom. The quantitative estimate of drug-likeness (QED) is 0.0190. The Kier molecular flexibility index (Phi) is 28.1. The number of rotatable bonds is 15. The molecule has 19 nitrogen and oxygen atoms in total. The van der Waals surface area contributed by atoms with Crippen molar-refractivity contribution in [2.75, 3.05) is 14.2 Å². The first kappa shape index (κ1) is 88.9. The van der Waals surface area contributed by atoms with Crippen LogP contribution in [0.15, 0.2) is 141 Å². The molecule has 2 heterocycles. The normalized spacial score (nSPS) is 12.8. The third-order valence-corrected chi connectivity index (χ3v) is 15.9. The van der Waals surface area contributed by atoms with E-state index in [2.05, 4.69) is 39.8 Å². The van der Waals surface area contributed by atoms with Crippen molar-refractivity contribution in [3.63, 3.8) is 0 Å². The van der Waals surface area contributed by atoms with Gasteiger partial charge in [-0.25, -0.2) is 9.59 Å². The number of aromatic amines is 2. The van der Waals surface area contributed by atoms with Crippen LogP contribution in [0.2, 0.25) is 0 Å². The van der Waals surface area contributed by atoms with Gasteiger partial charge < -0.3 is 30.3 Å². The van der Waals surface area contributed by atoms with Crippen molar-refractivity contribution in [3.8, 4) is 56.6 Å². The van der Waals surface area contributed by atoms with E-state index in [1.54, 1.807) is 31.4 Å². The fraction of sp³-hybridized carbons (Fsp3) is 0.305. The first-order valence-corrected chi connectivity index (χ1v) is 29.6. The Labute approximate surface area is 642 Å². The Morgan fingerprint density at radius 1 is 0.485 bits per heavy atom. The number of hydrogen-bond acceptors (Lipinski definition) is 15. The van der Waals surface area contributed by atoms with Crippen LogP contribution in [0.5, 0.6) is 23.0 Å². The van der Waals surface area contributed by atoms with E-state index >= 15 is 0 Å². The Morgan fingerprint density at radius 2 is 0.822 bits per heavy atom. The van der Waals surface area contributed by atoms with Crippen molar-refractivity contribution in [2.24, 2.45) is 0 Å². The Hall–Kier alpha value is -6.33. The average molecular weight is 1560 g/mol. The number of aromatic hydroxyl groups is 1. The molecule has 42 heteroatoms. The second-order valence-corrected chi connectivity index (χ2v) is 25.5. The zero-order valence-electron chi connectivity index (χ0n) is 54.2. The minimum Gasteiger partial charge on any atom is -1.00 e. The van der Waals surface area contributed by atoms with E-state index < -0.39 is 101 Å². The van der Waals surface area contributed by atoms with Crippen molar-refractivity contribution >= 4 is 48.4 Å². The van der Waals surface area contributed by atoms with E-state index in [0.29, 0.717) is 39.9 Å². The topological polar surface area (TPSA) is 275 Å². The number of alkyl halides is 18. The van der Waals surface area contributed by atoms with Crippen LogP contribution in [-0.2, 0) is 40.9 Å². The Bertz CT molecular complexity index is 4850. The molecule has 6 aromatic carbocycles. The van der Waals surface area contributed by atoms with Crippen molar-refractivity contribution in [2.45, 2.75) is 98.9 Å². The van der Waals surface area contributed by atoms with E-state index in [4.69, 9.17) is 19.5 Å². The number of carbonyl (C=O) groups excluding carboxylic acids is 1. The van der Waals surface area contributed by atoms with Crippen LogP contribution in [0.25, 0.3) is 55.2 Å². The van der Waals surface area contributed by atoms with Gasteiger partial charge in [-0.2, -0.15) is 95.9 Å². The third kappa shape index (κ3) is 18.6. The van der Waals surface area contributed by atoms with Gasteiger partial charge in [0, 0.05) is 46.8 Å². The summed E-state index contributed by atoms with van der Waals surface area (Å²) in [6.45, 7) is 11.7. The largest absolute Gasteiger partial charge is 1.00 e. The van der Waals surface area contributed by atoms with Gasteiger partial charge >= 0.3 is 181 Å². The third-order valence-electron chi connectivity index (χ3n) is 13.7. The zero-order valence-corrected chi connectivity index (χ0v) is 61.1. The summed E-state index contributed by atoms with van der Waals surface area (Å²) < 4.78 is 299. The Balaban J connectivity index is 0.000000552. The number of hydrogen-bond donors (Lipinski definition) is 3. The molecular weight excluding hydrogens is 1510 g/mol. The van der Waals surface area contributed by atoms with Gasteiger partial charge in [0.15, 0.2) is 0 Å². The molecule has 3 N–H and O–H groups in total. The molecule has 0 amide bonds. The summed E-state index contributed by atoms with van der Waals surface area (Å²) >= 11 is 0. The molecule has 0 radical (unpaired) electrons. The molecule has 0 aliphatic carbocycles. The van der Waals surface area contributed by atoms with Crippen LogP contribution < -0.4 is 144 Å². The standard InChI is InChI=1S/C29H23F9N2O6S.C25H24N2O4.C4F10O2S.CH2O3.2K.H/c1-25(2,3)21-14-18(40-10-9-22(41)39-24(40)42)13-20(23(21)45-4)17-6-5-16-12-19(8-7-15(16)11-17)46-47(43,44)29(37,38)27(32,33)26(30,31)28(34,35)36;1-25(2,3)21-14-18(27-10-9-22(29)26-24(27)30)13-20(23(21)31-4)17-6-5-16-12-19(28)8-7-15(16)11-17;5-1(6,3(9,10)11)2(7,8)4(12,13)17(14,15)16;2-1-4-3;;;/h5-14H,1-4H3,(H,39,41,42);5-14,28H,1-4H3,(H,26,29,30);;1,3H;;;/q;;;;2*+1;-1/p-1. The van der Waals surface area contributed by atoms with Gasteiger partial charge in [0.2, 0.25) is 0 Å². The number of halogens is 19. The number of nitrogens with one attached hydrogen (secondary N) is 2. The first-order valence-electron chi connectivity index (χ1n) is 26.8. The maximum Gasteiger partial charge on any atom is 1.00 e. The molecule has 0 saturated carbocycles. The summed E-state index contributed by atoms with van der Waals surface area (Å²) in [5, 5.41) is 6.15. The van der Waals surface area contributed by atoms with E-state index in [1.165, 1.54) is 52.9 Å². The van der Waals surface area contributed by atoms with Crippen molar-refractivity contribution in [1.82, 2.24) is 19.1 Å². The van der Waals surface area contributed by atoms with E-state index in [9.17, 15) is 124 Å². The summed E-state index contributed by atoms with van der Waals surface area (Å²) in [4.78, 5) is 63.9. The molecule has 0 unspecified atom stereocenters. The fourth-order valence-corrected chi connectivity index (χ4v) is 10.1. The van der Waals surface area contributed by atoms with Gasteiger partial charge in [-0.05, 0) is 104 Å². The maximum atomic E-state index is 14.1. The van der Waals surface area contributed by atoms with Gasteiger partial charge in [-0.3, -0.25) is 33.5 Å². The number of methoxy groups -OCH3 is 2. The second kappa shape index (κ2) is 32.0. The number of H-pyrrole nitrogens is 2. The van der Waals surface area contributed by atoms with Crippen molar-refractivity contribution in [1.29, 1.82) is 0 Å². The molecule has 0 saturated heterocycles. The number of nitrogens with zero attached hydrogens (tertiary/aromatic N) is 2. The monoisotopic (exact) mass is 1560 g/mol. The van der Waals surface area contributed by atoms with Crippen LogP contribution in [0.1, 0.15) is 54.1 Å². The molecule has 0 atom stereocenters. The summed E-state index contributed by atoms with van der Waals surface area (Å²) in [6, 6.07) is 27.4. The number of fused-ring (bicyclic) bond motifs is 2. The number of benzene rings is 6. The predicted molar refractivity (Wildman–Crippen MR) is 313 cm³/mol. The van der Waals surface area contributed by atoms with Gasteiger partial charge in [-0.1, -0.05) is 81.8 Å². The second-order valence-electron chi connectivity index (χ2n) is 22.6. The average Bonchev–Trinajstić information content (AvgIpc) is 0.741. The molecule has 2 aromatic heterocycles. The van der Waals surface area contributed by atoms with E-state index in [1.807, 2.05) is 57.2 Å². The smallest absolute Gasteiger partial charge is 1.00 e. The summed E-state index contributed by atoms with van der Waals surface area (Å²) in [6.07, 6.45) is -11.7. The van der Waals surface area contributed by atoms with Gasteiger partial charge in [0.05, 0.1) is 25.6 Å². The van der Waals surface area contributed by atoms with Crippen LogP contribution in [0, 0.1) is 0 Å². The number of aromatic nitrogens is 4. The molecule has 8 rings (SSSR count). The van der Waals surface area contributed by atoms with Gasteiger partial charge in [-0.15, -0.1) is 0 Å². The van der Waals surface area contributed by atoms with Crippen LogP contribution in [0.4, 0.5) is 82.9 Å². The SMILES string of the molecule is COc1c(-c2ccc3cc(O)ccc3c2)cc(-n2ccc(=O)[nH]c2=O)cc1C(C)(C)C.COc1c(-c2ccc3cc(OS(=O)(=O)C(F)(F)C(F)(F)C(F)(F)C(F)(F)F)ccc3c2)cc(-n2ccc(=O)[nH]c2=O)cc1C(C)(C)C.O=CO[O-].O=S(=O)(F)C(F)(F)C(F)(F)C(F)(F)C(F)(F)F.[H-].[K+].[K+]. The van der Waals surface area contributed by atoms with Crippen molar-refractivity contribution < 1.29 is 238 Å². The van der Waals surface area contributed by atoms with Crippen LogP contribution in [0.3, 0.4) is 0 Å². The number of carbonyl (C=O) groups is 1. The van der Waals surface area contributed by atoms with Crippen molar-refractivity contribution in [3.05, 3.63) is 174 Å². The molecular formula is C59H49F19K2N4O15S2. The van der Waals surface area contributed by atoms with Crippen LogP contribution >= 0.6 is 0 Å². The molecule has 0 aliphatic heterocycles. The molecule has 0 bridgehead atoms. The zero-order chi connectivity index (χ0) is 75.8. The number of phenolic OH excluding ortho intramolecular Hbond substituents is 1. The van der Waals surface area contributed by atoms with Gasteiger partial charge in [0.25, 0.3) is 17.6 Å². The molecule has 8 aromatic rings. The molecule has 542 valence electrons. The fourth-order valence-electron chi connectivity index (χ4n) is 8.78. The molecule has 0 aliphatic rings. The molecule has 101 heavy (non-hydrogen) atoms. The molecule has 0 fully saturated rings. The maximum absolute atomic E-state index is 14.1. The van der Waals surface area contributed by atoms with Crippen LogP contribution in [-0.4, -0.2) is 108 Å². The first-order chi connectivity index (χ1) is 44.9. The van der Waals surface area contributed by atoms with E-state index in [0.717, 1.165) is 51.4 Å². The van der Waals surface area contributed by atoms with Gasteiger partial charge in [0.1, 0.15) is 23.0 Å². The minimum atomic E-state index is -7.67. The predicted octanol–water partition coefficient (Wildman–Crippen LogP) is 6.41. The summed E-state index contributed by atoms with van der Waals surface area (Å²) in [5.74, 6) is -29.6. The summed E-state index contributed by atoms with van der Waals surface area (Å²) in [5.41, 5.74) is 2.01. The summed E-state index contributed by atoms with van der Waals surface area (Å²) in [7, 11) is -11.8. The molecule has 0 spiro atoms. The minimum absolute atomic E-state index is 0. The number of phenols is 1. The van der Waals surface area contributed by atoms with E-state index in [-0.39, 0.29) is 133 Å². The number of ether oxygens (including phenoxy) is 2.